The number of imidazole rings is 1. The molecular formula is C26H26N4O. The molecule has 31 heavy (non-hydrogen) atoms. The Labute approximate surface area is 182 Å². The summed E-state index contributed by atoms with van der Waals surface area (Å²) in [6.45, 7) is 4.88. The molecule has 156 valence electrons. The van der Waals surface area contributed by atoms with Crippen molar-refractivity contribution in [2.45, 2.75) is 13.0 Å². The predicted molar refractivity (Wildman–Crippen MR) is 124 cm³/mol. The van der Waals surface area contributed by atoms with Gasteiger partial charge in [0.05, 0.1) is 23.4 Å². The van der Waals surface area contributed by atoms with Crippen molar-refractivity contribution < 1.29 is 4.79 Å². The van der Waals surface area contributed by atoms with Crippen LogP contribution in [0.25, 0.3) is 11.0 Å². The molecule has 0 bridgehead atoms. The maximum Gasteiger partial charge on any atom is 0.219 e. The van der Waals surface area contributed by atoms with Gasteiger partial charge in [-0.05, 0) is 29.3 Å². The predicted octanol–water partition coefficient (Wildman–Crippen LogP) is 4.34. The van der Waals surface area contributed by atoms with Crippen LogP contribution in [0.2, 0.25) is 0 Å². The molecule has 0 atom stereocenters. The summed E-state index contributed by atoms with van der Waals surface area (Å²) in [5, 5.41) is 0. The number of benzene rings is 3. The Morgan fingerprint density at radius 1 is 0.839 bits per heavy atom. The van der Waals surface area contributed by atoms with Crippen LogP contribution in [-0.2, 0) is 4.79 Å². The number of fused-ring (bicyclic) bond motifs is 1. The van der Waals surface area contributed by atoms with Crippen LogP contribution < -0.4 is 4.90 Å². The first kappa shape index (κ1) is 19.4. The van der Waals surface area contributed by atoms with Gasteiger partial charge in [-0.3, -0.25) is 4.79 Å². The van der Waals surface area contributed by atoms with E-state index in [1.54, 1.807) is 6.92 Å². The monoisotopic (exact) mass is 410 g/mol. The summed E-state index contributed by atoms with van der Waals surface area (Å²) in [6.07, 6.45) is 1.95. The summed E-state index contributed by atoms with van der Waals surface area (Å²) in [4.78, 5) is 20.6. The Hall–Kier alpha value is -3.60. The van der Waals surface area contributed by atoms with Gasteiger partial charge in [-0.1, -0.05) is 60.7 Å². The average molecular weight is 411 g/mol. The number of rotatable bonds is 4. The highest BCUT2D eigenvalue weighted by Gasteiger charge is 2.21. The highest BCUT2D eigenvalue weighted by atomic mass is 16.2. The van der Waals surface area contributed by atoms with E-state index in [0.29, 0.717) is 0 Å². The molecule has 1 fully saturated rings. The third-order valence-electron chi connectivity index (χ3n) is 6.16. The quantitative estimate of drug-likeness (QED) is 0.503. The SMILES string of the molecule is CC(=O)N1CCN(c2ccc3ncn(C(c4ccccc4)c4ccccc4)c3c2)CC1. The fourth-order valence-electron chi connectivity index (χ4n) is 4.48. The minimum Gasteiger partial charge on any atom is -0.368 e. The lowest BCUT2D eigenvalue weighted by Gasteiger charge is -2.35. The van der Waals surface area contributed by atoms with Gasteiger partial charge >= 0.3 is 0 Å². The zero-order chi connectivity index (χ0) is 21.2. The molecule has 5 rings (SSSR count). The molecule has 1 amide bonds. The zero-order valence-corrected chi connectivity index (χ0v) is 17.7. The molecule has 1 saturated heterocycles. The van der Waals surface area contributed by atoms with Gasteiger partial charge in [0.25, 0.3) is 0 Å². The maximum atomic E-state index is 11.7. The molecule has 0 unspecified atom stereocenters. The fraction of sp³-hybridized carbons (Fsp3) is 0.231. The van der Waals surface area contributed by atoms with E-state index in [1.807, 2.05) is 11.2 Å². The van der Waals surface area contributed by atoms with Gasteiger partial charge in [-0.2, -0.15) is 0 Å². The fourth-order valence-corrected chi connectivity index (χ4v) is 4.48. The number of anilines is 1. The molecule has 1 aliphatic heterocycles. The van der Waals surface area contributed by atoms with Crippen molar-refractivity contribution >= 4 is 22.6 Å². The van der Waals surface area contributed by atoms with Crippen LogP contribution in [0.5, 0.6) is 0 Å². The van der Waals surface area contributed by atoms with Crippen LogP contribution in [0.4, 0.5) is 5.69 Å². The summed E-state index contributed by atoms with van der Waals surface area (Å²) >= 11 is 0. The molecule has 0 saturated carbocycles. The Morgan fingerprint density at radius 3 is 2.03 bits per heavy atom. The largest absolute Gasteiger partial charge is 0.368 e. The number of amides is 1. The van der Waals surface area contributed by atoms with Crippen LogP contribution in [-0.4, -0.2) is 46.5 Å². The summed E-state index contributed by atoms with van der Waals surface area (Å²) in [7, 11) is 0. The number of carbonyl (C=O) groups is 1. The number of piperazine rings is 1. The third-order valence-corrected chi connectivity index (χ3v) is 6.16. The van der Waals surface area contributed by atoms with Gasteiger partial charge in [0.1, 0.15) is 0 Å². The van der Waals surface area contributed by atoms with E-state index >= 15 is 0 Å². The molecule has 5 heteroatoms. The van der Waals surface area contributed by atoms with Crippen LogP contribution >= 0.6 is 0 Å². The molecule has 0 radical (unpaired) electrons. The number of aromatic nitrogens is 2. The summed E-state index contributed by atoms with van der Waals surface area (Å²) in [5.41, 5.74) is 5.74. The van der Waals surface area contributed by atoms with Crippen molar-refractivity contribution in [2.24, 2.45) is 0 Å². The molecule has 1 aromatic heterocycles. The smallest absolute Gasteiger partial charge is 0.219 e. The first-order valence-electron chi connectivity index (χ1n) is 10.8. The van der Waals surface area contributed by atoms with E-state index in [4.69, 9.17) is 4.98 Å². The molecular weight excluding hydrogens is 384 g/mol. The highest BCUT2D eigenvalue weighted by molar-refractivity contribution is 5.80. The molecule has 5 nitrogen and oxygen atoms in total. The summed E-state index contributed by atoms with van der Waals surface area (Å²) < 4.78 is 2.27. The van der Waals surface area contributed by atoms with Gasteiger partial charge in [0.15, 0.2) is 0 Å². The normalized spacial score (nSPS) is 14.4. The van der Waals surface area contributed by atoms with E-state index in [2.05, 4.69) is 88.3 Å². The van der Waals surface area contributed by atoms with Crippen molar-refractivity contribution in [3.8, 4) is 0 Å². The summed E-state index contributed by atoms with van der Waals surface area (Å²) in [5.74, 6) is 0.154. The van der Waals surface area contributed by atoms with Crippen LogP contribution in [0.3, 0.4) is 0 Å². The lowest BCUT2D eigenvalue weighted by atomic mass is 9.98. The molecule has 0 spiro atoms. The van der Waals surface area contributed by atoms with E-state index in [9.17, 15) is 4.79 Å². The van der Waals surface area contributed by atoms with Crippen LogP contribution in [0, 0.1) is 0 Å². The average Bonchev–Trinajstić information content (AvgIpc) is 3.24. The van der Waals surface area contributed by atoms with Crippen LogP contribution in [0.1, 0.15) is 24.1 Å². The van der Waals surface area contributed by atoms with Crippen molar-refractivity contribution in [2.75, 3.05) is 31.1 Å². The van der Waals surface area contributed by atoms with Gasteiger partial charge in [0.2, 0.25) is 5.91 Å². The minimum atomic E-state index is 0.0530. The van der Waals surface area contributed by atoms with Crippen molar-refractivity contribution in [1.29, 1.82) is 0 Å². The first-order valence-corrected chi connectivity index (χ1v) is 10.8. The van der Waals surface area contributed by atoms with E-state index < -0.39 is 0 Å². The molecule has 2 heterocycles. The zero-order valence-electron chi connectivity index (χ0n) is 17.7. The minimum absolute atomic E-state index is 0.0530. The Balaban J connectivity index is 1.55. The lowest BCUT2D eigenvalue weighted by Crippen LogP contribution is -2.48. The highest BCUT2D eigenvalue weighted by Crippen LogP contribution is 2.31. The maximum absolute atomic E-state index is 11.7. The standard InChI is InChI=1S/C26H26N4O/c1-20(31)28-14-16-29(17-15-28)23-12-13-24-25(18-23)30(19-27-24)26(21-8-4-2-5-9-21)22-10-6-3-7-11-22/h2-13,18-19,26H,14-17H2,1H3. The van der Waals surface area contributed by atoms with Gasteiger partial charge in [0, 0.05) is 38.8 Å². The van der Waals surface area contributed by atoms with Gasteiger partial charge < -0.3 is 14.4 Å². The van der Waals surface area contributed by atoms with Crippen LogP contribution in [0.15, 0.2) is 85.2 Å². The second-order valence-corrected chi connectivity index (χ2v) is 8.04. The number of carbonyl (C=O) groups excluding carboxylic acids is 1. The molecule has 4 aromatic rings. The molecule has 0 N–H and O–H groups in total. The lowest BCUT2D eigenvalue weighted by molar-refractivity contribution is -0.129. The summed E-state index contributed by atoms with van der Waals surface area (Å²) in [6, 6.07) is 27.7. The van der Waals surface area contributed by atoms with Crippen molar-refractivity contribution in [1.82, 2.24) is 14.5 Å². The van der Waals surface area contributed by atoms with E-state index in [1.165, 1.54) is 16.8 Å². The Morgan fingerprint density at radius 2 is 1.45 bits per heavy atom. The first-order chi connectivity index (χ1) is 15.2. The second kappa shape index (κ2) is 8.26. The number of hydrogen-bond donors (Lipinski definition) is 0. The van der Waals surface area contributed by atoms with Gasteiger partial charge in [-0.25, -0.2) is 4.98 Å². The van der Waals surface area contributed by atoms with E-state index in [-0.39, 0.29) is 11.9 Å². The second-order valence-electron chi connectivity index (χ2n) is 8.04. The molecule has 0 aliphatic carbocycles. The Bertz CT molecular complexity index is 1140. The number of nitrogens with zero attached hydrogens (tertiary/aromatic N) is 4. The molecule has 3 aromatic carbocycles. The topological polar surface area (TPSA) is 41.4 Å². The van der Waals surface area contributed by atoms with Gasteiger partial charge in [-0.15, -0.1) is 0 Å². The van der Waals surface area contributed by atoms with Crippen molar-refractivity contribution in [3.63, 3.8) is 0 Å². The Kier molecular flexibility index (Phi) is 5.16. The number of hydrogen-bond acceptors (Lipinski definition) is 3. The van der Waals surface area contributed by atoms with E-state index in [0.717, 1.165) is 37.2 Å². The van der Waals surface area contributed by atoms with Crippen molar-refractivity contribution in [3.05, 3.63) is 96.3 Å². The molecule has 1 aliphatic rings. The third kappa shape index (κ3) is 3.79.